The van der Waals surface area contributed by atoms with Crippen molar-refractivity contribution < 1.29 is 9.53 Å². The first-order valence-electron chi connectivity index (χ1n) is 8.64. The quantitative estimate of drug-likeness (QED) is 0.826. The summed E-state index contributed by atoms with van der Waals surface area (Å²) in [5, 5.41) is 0.720. The largest absolute Gasteiger partial charge is 0.377 e. The van der Waals surface area contributed by atoms with Gasteiger partial charge in [-0.25, -0.2) is 0 Å². The van der Waals surface area contributed by atoms with E-state index >= 15 is 0 Å². The first kappa shape index (κ1) is 16.8. The topological polar surface area (TPSA) is 29.5 Å². The van der Waals surface area contributed by atoms with Crippen molar-refractivity contribution in [1.82, 2.24) is 4.90 Å². The van der Waals surface area contributed by atoms with E-state index in [9.17, 15) is 4.79 Å². The predicted molar refractivity (Wildman–Crippen MR) is 92.8 cm³/mol. The SMILES string of the molecule is CC1(C)COCCN1C(=O)C(c1ccc(Cl)cc1)C1CCCC1. The maximum absolute atomic E-state index is 13.4. The molecule has 2 aliphatic rings. The van der Waals surface area contributed by atoms with E-state index in [0.717, 1.165) is 23.4 Å². The summed E-state index contributed by atoms with van der Waals surface area (Å²) in [6.45, 7) is 6.11. The summed E-state index contributed by atoms with van der Waals surface area (Å²) in [6, 6.07) is 7.85. The third-order valence-corrected chi connectivity index (χ3v) is 5.53. The van der Waals surface area contributed by atoms with Gasteiger partial charge in [-0.15, -0.1) is 0 Å². The van der Waals surface area contributed by atoms with Gasteiger partial charge in [-0.05, 0) is 50.3 Å². The van der Waals surface area contributed by atoms with Gasteiger partial charge in [0.05, 0.1) is 24.7 Å². The maximum atomic E-state index is 13.4. The number of benzene rings is 1. The Bertz CT molecular complexity index is 549. The number of morpholine rings is 1. The minimum atomic E-state index is -0.237. The molecule has 1 saturated heterocycles. The van der Waals surface area contributed by atoms with Crippen LogP contribution in [0.25, 0.3) is 0 Å². The minimum absolute atomic E-state index is 0.0489. The fourth-order valence-corrected chi connectivity index (χ4v) is 4.14. The first-order chi connectivity index (χ1) is 11.0. The lowest BCUT2D eigenvalue weighted by molar-refractivity contribution is -0.149. The molecule has 0 spiro atoms. The van der Waals surface area contributed by atoms with E-state index in [-0.39, 0.29) is 17.4 Å². The van der Waals surface area contributed by atoms with Crippen LogP contribution in [0.2, 0.25) is 5.02 Å². The average molecular weight is 336 g/mol. The van der Waals surface area contributed by atoms with Crippen LogP contribution in [0.3, 0.4) is 0 Å². The first-order valence-corrected chi connectivity index (χ1v) is 9.01. The van der Waals surface area contributed by atoms with Gasteiger partial charge in [-0.1, -0.05) is 36.6 Å². The van der Waals surface area contributed by atoms with Crippen LogP contribution in [0.5, 0.6) is 0 Å². The van der Waals surface area contributed by atoms with E-state index in [1.165, 1.54) is 12.8 Å². The van der Waals surface area contributed by atoms with Gasteiger partial charge in [0.2, 0.25) is 5.91 Å². The number of carbonyl (C=O) groups is 1. The number of hydrogen-bond donors (Lipinski definition) is 0. The Hall–Kier alpha value is -1.06. The van der Waals surface area contributed by atoms with E-state index < -0.39 is 0 Å². The molecular weight excluding hydrogens is 310 g/mol. The second-order valence-corrected chi connectivity index (χ2v) is 7.87. The van der Waals surface area contributed by atoms with Crippen LogP contribution in [-0.2, 0) is 9.53 Å². The van der Waals surface area contributed by atoms with E-state index in [1.807, 2.05) is 29.2 Å². The molecule has 0 aromatic heterocycles. The van der Waals surface area contributed by atoms with Crippen LogP contribution in [0.4, 0.5) is 0 Å². The van der Waals surface area contributed by atoms with Crippen molar-refractivity contribution in [3.05, 3.63) is 34.9 Å². The fraction of sp³-hybridized carbons (Fsp3) is 0.632. The molecule has 4 heteroatoms. The second-order valence-electron chi connectivity index (χ2n) is 7.43. The Morgan fingerprint density at radius 1 is 1.26 bits per heavy atom. The molecule has 1 aliphatic carbocycles. The summed E-state index contributed by atoms with van der Waals surface area (Å²) in [4.78, 5) is 15.5. The van der Waals surface area contributed by atoms with Crippen molar-refractivity contribution in [2.45, 2.75) is 51.0 Å². The van der Waals surface area contributed by atoms with E-state index in [2.05, 4.69) is 13.8 Å². The van der Waals surface area contributed by atoms with Gasteiger partial charge >= 0.3 is 0 Å². The van der Waals surface area contributed by atoms with Gasteiger partial charge in [-0.3, -0.25) is 4.79 Å². The van der Waals surface area contributed by atoms with Crippen LogP contribution < -0.4 is 0 Å². The van der Waals surface area contributed by atoms with Gasteiger partial charge in [0, 0.05) is 11.6 Å². The van der Waals surface area contributed by atoms with Crippen molar-refractivity contribution in [2.24, 2.45) is 5.92 Å². The number of halogens is 1. The third kappa shape index (κ3) is 3.56. The fourth-order valence-electron chi connectivity index (χ4n) is 4.01. The molecule has 1 unspecified atom stereocenters. The minimum Gasteiger partial charge on any atom is -0.377 e. The second kappa shape index (κ2) is 6.82. The van der Waals surface area contributed by atoms with Crippen molar-refractivity contribution in [3.63, 3.8) is 0 Å². The molecule has 126 valence electrons. The normalized spacial score (nSPS) is 23.0. The molecule has 0 bridgehead atoms. The zero-order chi connectivity index (χ0) is 16.4. The van der Waals surface area contributed by atoms with E-state index in [4.69, 9.17) is 16.3 Å². The van der Waals surface area contributed by atoms with Gasteiger partial charge in [0.25, 0.3) is 0 Å². The average Bonchev–Trinajstić information content (AvgIpc) is 3.03. The van der Waals surface area contributed by atoms with Crippen molar-refractivity contribution in [3.8, 4) is 0 Å². The summed E-state index contributed by atoms with van der Waals surface area (Å²) >= 11 is 6.04. The van der Waals surface area contributed by atoms with Crippen LogP contribution in [0.15, 0.2) is 24.3 Å². The Labute approximate surface area is 144 Å². The maximum Gasteiger partial charge on any atom is 0.230 e. The third-order valence-electron chi connectivity index (χ3n) is 5.28. The standard InChI is InChI=1S/C19H26ClNO2/c1-19(2)13-23-12-11-21(19)18(22)17(14-5-3-4-6-14)15-7-9-16(20)10-8-15/h7-10,14,17H,3-6,11-13H2,1-2H3. The lowest BCUT2D eigenvalue weighted by Gasteiger charge is -2.44. The van der Waals surface area contributed by atoms with Gasteiger partial charge < -0.3 is 9.64 Å². The molecular formula is C19H26ClNO2. The molecule has 1 saturated carbocycles. The molecule has 3 nitrogen and oxygen atoms in total. The summed E-state index contributed by atoms with van der Waals surface area (Å²) in [7, 11) is 0. The molecule has 3 rings (SSSR count). The Morgan fingerprint density at radius 2 is 1.91 bits per heavy atom. The highest BCUT2D eigenvalue weighted by molar-refractivity contribution is 6.30. The molecule has 1 atom stereocenters. The van der Waals surface area contributed by atoms with Crippen LogP contribution in [0, 0.1) is 5.92 Å². The highest BCUT2D eigenvalue weighted by Gasteiger charge is 2.41. The van der Waals surface area contributed by atoms with E-state index in [1.54, 1.807) is 0 Å². The monoisotopic (exact) mass is 335 g/mol. The summed E-state index contributed by atoms with van der Waals surface area (Å²) in [5.74, 6) is 0.655. The highest BCUT2D eigenvalue weighted by atomic mass is 35.5. The molecule has 1 aliphatic heterocycles. The molecule has 1 aromatic carbocycles. The molecule has 1 heterocycles. The number of carbonyl (C=O) groups excluding carboxylic acids is 1. The molecule has 1 amide bonds. The lowest BCUT2D eigenvalue weighted by atomic mass is 9.82. The molecule has 0 N–H and O–H groups in total. The van der Waals surface area contributed by atoms with Gasteiger partial charge in [0.15, 0.2) is 0 Å². The molecule has 0 radical (unpaired) electrons. The van der Waals surface area contributed by atoms with Crippen LogP contribution >= 0.6 is 11.6 Å². The molecule has 1 aromatic rings. The Kier molecular flexibility index (Phi) is 4.98. The van der Waals surface area contributed by atoms with Crippen molar-refractivity contribution in [2.75, 3.05) is 19.8 Å². The van der Waals surface area contributed by atoms with Crippen LogP contribution in [0.1, 0.15) is 51.0 Å². The number of rotatable bonds is 3. The Balaban J connectivity index is 1.91. The van der Waals surface area contributed by atoms with Gasteiger partial charge in [-0.2, -0.15) is 0 Å². The van der Waals surface area contributed by atoms with E-state index in [0.29, 0.717) is 25.7 Å². The summed E-state index contributed by atoms with van der Waals surface area (Å²) in [5.41, 5.74) is 0.868. The number of nitrogens with zero attached hydrogens (tertiary/aromatic N) is 1. The molecule has 2 fully saturated rings. The Morgan fingerprint density at radius 3 is 2.52 bits per heavy atom. The predicted octanol–water partition coefficient (Wildman–Crippen LogP) is 4.25. The molecule has 23 heavy (non-hydrogen) atoms. The summed E-state index contributed by atoms with van der Waals surface area (Å²) in [6.07, 6.45) is 4.75. The van der Waals surface area contributed by atoms with Crippen molar-refractivity contribution in [1.29, 1.82) is 0 Å². The lowest BCUT2D eigenvalue weighted by Crippen LogP contribution is -2.57. The number of amides is 1. The zero-order valence-electron chi connectivity index (χ0n) is 14.1. The van der Waals surface area contributed by atoms with Gasteiger partial charge in [0.1, 0.15) is 0 Å². The number of ether oxygens (including phenoxy) is 1. The van der Waals surface area contributed by atoms with Crippen molar-refractivity contribution >= 4 is 17.5 Å². The zero-order valence-corrected chi connectivity index (χ0v) is 14.8. The smallest absolute Gasteiger partial charge is 0.230 e. The summed E-state index contributed by atoms with van der Waals surface area (Å²) < 4.78 is 5.58. The highest BCUT2D eigenvalue weighted by Crippen LogP contribution is 2.40. The number of hydrogen-bond acceptors (Lipinski definition) is 2. The van der Waals surface area contributed by atoms with Crippen LogP contribution in [-0.4, -0.2) is 36.1 Å².